The zero-order valence-corrected chi connectivity index (χ0v) is 17.5. The molecule has 0 fully saturated rings. The standard InChI is InChI=1S/C23H23N3O5/c1-25(2)11-12-26-19(14-7-9-24-10-8-14)18(21(28)23(26)29)20(27)17-13-15-5-4-6-16(30-3)22(15)31-17/h4-10,13,19,28H,11-12H2,1-3H3. The molecule has 4 rings (SSSR count). The van der Waals surface area contributed by atoms with Gasteiger partial charge >= 0.3 is 0 Å². The number of carbonyl (C=O) groups is 2. The molecule has 1 atom stereocenters. The highest BCUT2D eigenvalue weighted by Gasteiger charge is 2.40. The van der Waals surface area contributed by atoms with Crippen LogP contribution in [0.15, 0.2) is 64.5 Å². The Bertz CT molecular complexity index is 1170. The molecule has 3 aromatic rings. The predicted molar refractivity (Wildman–Crippen MR) is 110 cm³/mol. The molecule has 0 bridgehead atoms. The number of carbonyl (C=O) groups excluding carboxylic acids is 2. The van der Waals surface area contributed by atoms with Crippen LogP contribution in [0.1, 0.15) is 22.2 Å². The molecule has 8 nitrogen and oxygen atoms in total. The van der Waals surface area contributed by atoms with Crippen LogP contribution in [0.4, 0.5) is 0 Å². The lowest BCUT2D eigenvalue weighted by atomic mass is 9.95. The molecule has 1 amide bonds. The summed E-state index contributed by atoms with van der Waals surface area (Å²) in [5.41, 5.74) is 0.960. The number of likely N-dealkylation sites (N-methyl/N-ethyl adjacent to an activating group) is 1. The number of rotatable bonds is 7. The van der Waals surface area contributed by atoms with Crippen LogP contribution in [-0.2, 0) is 4.79 Å². The first kappa shape index (κ1) is 20.6. The van der Waals surface area contributed by atoms with Crippen molar-refractivity contribution in [2.75, 3.05) is 34.3 Å². The van der Waals surface area contributed by atoms with Gasteiger partial charge in [0.2, 0.25) is 11.7 Å². The van der Waals surface area contributed by atoms with E-state index in [0.29, 0.717) is 35.4 Å². The third-order valence-corrected chi connectivity index (χ3v) is 5.36. The third kappa shape index (κ3) is 3.66. The van der Waals surface area contributed by atoms with E-state index >= 15 is 0 Å². The summed E-state index contributed by atoms with van der Waals surface area (Å²) in [6, 6.07) is 9.50. The molecule has 1 unspecified atom stereocenters. The molecule has 0 spiro atoms. The van der Waals surface area contributed by atoms with Crippen molar-refractivity contribution in [3.05, 3.63) is 71.4 Å². The molecule has 0 radical (unpaired) electrons. The van der Waals surface area contributed by atoms with E-state index in [1.807, 2.05) is 14.1 Å². The maximum Gasteiger partial charge on any atom is 0.240 e. The molecule has 160 valence electrons. The summed E-state index contributed by atoms with van der Waals surface area (Å²) in [5, 5.41) is 13.6. The van der Waals surface area contributed by atoms with Gasteiger partial charge in [0.25, 0.3) is 0 Å². The Hall–Kier alpha value is -3.65. The number of amides is 1. The monoisotopic (exact) mass is 421 g/mol. The topological polar surface area (TPSA) is 100 Å². The van der Waals surface area contributed by atoms with Crippen LogP contribution in [0.3, 0.4) is 0 Å². The van der Waals surface area contributed by atoms with Crippen molar-refractivity contribution in [2.45, 2.75) is 6.04 Å². The number of pyridine rings is 1. The van der Waals surface area contributed by atoms with Crippen molar-refractivity contribution in [1.82, 2.24) is 9.88 Å². The fourth-order valence-electron chi connectivity index (χ4n) is 3.78. The van der Waals surface area contributed by atoms with Gasteiger partial charge in [-0.25, -0.2) is 0 Å². The van der Waals surface area contributed by atoms with Gasteiger partial charge in [0.1, 0.15) is 0 Å². The van der Waals surface area contributed by atoms with E-state index in [1.165, 1.54) is 12.0 Å². The molecular weight excluding hydrogens is 398 g/mol. The number of hydrogen-bond donors (Lipinski definition) is 1. The molecule has 31 heavy (non-hydrogen) atoms. The summed E-state index contributed by atoms with van der Waals surface area (Å²) < 4.78 is 11.1. The number of fused-ring (bicyclic) bond motifs is 1. The number of methoxy groups -OCH3 is 1. The summed E-state index contributed by atoms with van der Waals surface area (Å²) in [6.45, 7) is 0.967. The Morgan fingerprint density at radius 3 is 2.68 bits per heavy atom. The number of aromatic nitrogens is 1. The van der Waals surface area contributed by atoms with Crippen molar-refractivity contribution in [3.8, 4) is 5.75 Å². The Labute approximate surface area is 179 Å². The van der Waals surface area contributed by atoms with E-state index in [-0.39, 0.29) is 11.3 Å². The number of ketones is 1. The first-order valence-electron chi connectivity index (χ1n) is 9.94. The summed E-state index contributed by atoms with van der Waals surface area (Å²) in [7, 11) is 5.43. The van der Waals surface area contributed by atoms with Gasteiger partial charge in [-0.1, -0.05) is 12.1 Å². The largest absolute Gasteiger partial charge is 0.868 e. The highest BCUT2D eigenvalue weighted by molar-refractivity contribution is 6.15. The second kappa shape index (κ2) is 8.23. The fraction of sp³-hybridized carbons (Fsp3) is 0.261. The van der Waals surface area contributed by atoms with Crippen molar-refractivity contribution in [3.63, 3.8) is 0 Å². The molecule has 1 aliphatic heterocycles. The minimum Gasteiger partial charge on any atom is -0.868 e. The maximum absolute atomic E-state index is 13.4. The third-order valence-electron chi connectivity index (χ3n) is 5.36. The molecule has 0 saturated heterocycles. The van der Waals surface area contributed by atoms with Crippen molar-refractivity contribution in [2.24, 2.45) is 0 Å². The van der Waals surface area contributed by atoms with Gasteiger partial charge in [-0.05, 0) is 35.6 Å². The van der Waals surface area contributed by atoms with Gasteiger partial charge in [0.05, 0.1) is 40.3 Å². The number of hydrogen-bond acceptors (Lipinski definition) is 6. The van der Waals surface area contributed by atoms with Crippen molar-refractivity contribution in [1.29, 1.82) is 0 Å². The van der Waals surface area contributed by atoms with Gasteiger partial charge in [-0.3, -0.25) is 14.6 Å². The minimum atomic E-state index is -0.798. The normalized spacial score (nSPS) is 16.6. The molecule has 0 saturated carbocycles. The number of nitrogens with zero attached hydrogens (tertiary/aromatic N) is 2. The first-order chi connectivity index (χ1) is 14.9. The molecule has 1 N–H and O–H groups in total. The van der Waals surface area contributed by atoms with E-state index in [1.54, 1.807) is 48.8 Å². The zero-order chi connectivity index (χ0) is 22.1. The summed E-state index contributed by atoms with van der Waals surface area (Å²) in [5.74, 6) is -1.60. The molecule has 1 aliphatic rings. The molecule has 2 aromatic heterocycles. The van der Waals surface area contributed by atoms with Crippen LogP contribution < -0.4 is 14.7 Å². The Kier molecular flexibility index (Phi) is 5.48. The zero-order valence-electron chi connectivity index (χ0n) is 17.5. The van der Waals surface area contributed by atoms with E-state index < -0.39 is 23.5 Å². The number of ether oxygens (including phenoxy) is 1. The lowest BCUT2D eigenvalue weighted by molar-refractivity contribution is -0.857. The van der Waals surface area contributed by atoms with Crippen molar-refractivity contribution < 1.29 is 28.7 Å². The fourth-order valence-corrected chi connectivity index (χ4v) is 3.78. The van der Waals surface area contributed by atoms with Crippen LogP contribution in [-0.4, -0.2) is 55.9 Å². The predicted octanol–water partition coefficient (Wildman–Crippen LogP) is 0.362. The Morgan fingerprint density at radius 1 is 1.26 bits per heavy atom. The second-order valence-electron chi connectivity index (χ2n) is 7.70. The van der Waals surface area contributed by atoms with E-state index in [0.717, 1.165) is 4.90 Å². The SMILES string of the molecule is COc1cccc2cc(C(=O)C3=C([O-])C(=O)N(CC[NH+](C)C)C3c3ccncc3)oc12. The number of quaternary nitrogens is 1. The first-order valence-corrected chi connectivity index (χ1v) is 9.94. The summed E-state index contributed by atoms with van der Waals surface area (Å²) in [6.07, 6.45) is 3.15. The second-order valence-corrected chi connectivity index (χ2v) is 7.70. The lowest BCUT2D eigenvalue weighted by Crippen LogP contribution is -3.06. The smallest absolute Gasteiger partial charge is 0.240 e. The maximum atomic E-state index is 13.4. The highest BCUT2D eigenvalue weighted by atomic mass is 16.5. The van der Waals surface area contributed by atoms with Crippen LogP contribution >= 0.6 is 0 Å². The number of Topliss-reactive ketones (excluding diaryl/α,β-unsaturated/α-hetero) is 1. The Balaban J connectivity index is 1.79. The van der Waals surface area contributed by atoms with E-state index in [4.69, 9.17) is 9.15 Å². The van der Waals surface area contributed by atoms with Crippen LogP contribution in [0, 0.1) is 0 Å². The number of benzene rings is 1. The number of furan rings is 1. The quantitative estimate of drug-likeness (QED) is 0.553. The number of para-hydroxylation sites is 1. The van der Waals surface area contributed by atoms with Gasteiger partial charge in [-0.15, -0.1) is 0 Å². The summed E-state index contributed by atoms with van der Waals surface area (Å²) >= 11 is 0. The Morgan fingerprint density at radius 2 is 2.00 bits per heavy atom. The van der Waals surface area contributed by atoms with Gasteiger partial charge < -0.3 is 24.1 Å². The minimum absolute atomic E-state index is 0.00482. The van der Waals surface area contributed by atoms with Crippen LogP contribution in [0.5, 0.6) is 5.75 Å². The van der Waals surface area contributed by atoms with E-state index in [2.05, 4.69) is 4.98 Å². The molecule has 0 aliphatic carbocycles. The van der Waals surface area contributed by atoms with Gasteiger partial charge in [0.15, 0.2) is 17.1 Å². The van der Waals surface area contributed by atoms with E-state index in [9.17, 15) is 14.7 Å². The van der Waals surface area contributed by atoms with Gasteiger partial charge in [-0.2, -0.15) is 0 Å². The van der Waals surface area contributed by atoms with Gasteiger partial charge in [0, 0.05) is 23.4 Å². The molecular formula is C23H23N3O5. The molecule has 8 heteroatoms. The summed E-state index contributed by atoms with van der Waals surface area (Å²) in [4.78, 5) is 32.9. The lowest BCUT2D eigenvalue weighted by Gasteiger charge is -2.27. The molecule has 1 aromatic carbocycles. The van der Waals surface area contributed by atoms with Crippen molar-refractivity contribution >= 4 is 22.7 Å². The average Bonchev–Trinajstić information content (AvgIpc) is 3.32. The highest BCUT2D eigenvalue weighted by Crippen LogP contribution is 2.39. The van der Waals surface area contributed by atoms with Crippen LogP contribution in [0.2, 0.25) is 0 Å². The average molecular weight is 421 g/mol. The van der Waals surface area contributed by atoms with Crippen LogP contribution in [0.25, 0.3) is 11.0 Å². The molecule has 3 heterocycles. The number of nitrogens with one attached hydrogen (secondary N) is 1.